The molecule has 0 saturated heterocycles. The Labute approximate surface area is 107 Å². The van der Waals surface area contributed by atoms with Crippen molar-refractivity contribution in [1.82, 2.24) is 15.2 Å². The molecule has 0 aromatic carbocycles. The molecule has 0 bridgehead atoms. The number of hydrogen-bond donors (Lipinski definition) is 2. The largest absolute Gasteiger partial charge is 0.381 e. The second-order valence-corrected chi connectivity index (χ2v) is 4.22. The predicted molar refractivity (Wildman–Crippen MR) is 68.7 cm³/mol. The molecule has 0 aliphatic heterocycles. The molecule has 0 aliphatic rings. The molecule has 3 N–H and O–H groups in total. The molecule has 0 spiro atoms. The zero-order chi connectivity index (χ0) is 12.7. The van der Waals surface area contributed by atoms with Gasteiger partial charge in [0, 0.05) is 19.8 Å². The smallest absolute Gasteiger partial charge is 0.0834 e. The van der Waals surface area contributed by atoms with Gasteiger partial charge >= 0.3 is 0 Å². The first-order valence-corrected chi connectivity index (χ1v) is 6.37. The van der Waals surface area contributed by atoms with Gasteiger partial charge in [-0.15, -0.1) is 0 Å². The molecule has 6 heteroatoms. The monoisotopic (exact) mass is 260 g/mol. The molecule has 1 rings (SSSR count). The molecular weight excluding hydrogens is 240 g/mol. The Morgan fingerprint density at radius 2 is 2.29 bits per heavy atom. The quantitative estimate of drug-likeness (QED) is 0.426. The van der Waals surface area contributed by atoms with Crippen molar-refractivity contribution in [3.8, 4) is 0 Å². The Kier molecular flexibility index (Phi) is 6.50. The molecule has 1 aromatic rings. The number of halogens is 1. The molecule has 1 aromatic heterocycles. The molecule has 0 fully saturated rings. The summed E-state index contributed by atoms with van der Waals surface area (Å²) in [7, 11) is 0. The average Bonchev–Trinajstić information content (AvgIpc) is 2.71. The van der Waals surface area contributed by atoms with Gasteiger partial charge in [0.1, 0.15) is 0 Å². The lowest BCUT2D eigenvalue weighted by Crippen LogP contribution is -2.31. The number of aryl methyl sites for hydroxylation is 1. The van der Waals surface area contributed by atoms with E-state index in [1.54, 1.807) is 6.20 Å². The van der Waals surface area contributed by atoms with Crippen LogP contribution in [0, 0.1) is 0 Å². The summed E-state index contributed by atoms with van der Waals surface area (Å²) < 4.78 is 7.31. The van der Waals surface area contributed by atoms with Crippen LogP contribution in [0.15, 0.2) is 6.20 Å². The zero-order valence-electron chi connectivity index (χ0n) is 10.4. The van der Waals surface area contributed by atoms with Gasteiger partial charge in [0.25, 0.3) is 0 Å². The van der Waals surface area contributed by atoms with E-state index in [4.69, 9.17) is 22.2 Å². The molecule has 1 heterocycles. The standard InChI is InChI=1S/C11H21ClN4O/c1-3-6-17-7-5-10(15-13)11-9(12)8-14-16(11)4-2/h8,10,15H,3-7,13H2,1-2H3. The van der Waals surface area contributed by atoms with E-state index >= 15 is 0 Å². The fraction of sp³-hybridized carbons (Fsp3) is 0.727. The molecule has 98 valence electrons. The first-order valence-electron chi connectivity index (χ1n) is 5.99. The Morgan fingerprint density at radius 3 is 2.88 bits per heavy atom. The molecule has 1 atom stereocenters. The van der Waals surface area contributed by atoms with Crippen LogP contribution in [-0.2, 0) is 11.3 Å². The normalized spacial score (nSPS) is 12.9. The molecule has 0 radical (unpaired) electrons. The van der Waals surface area contributed by atoms with Crippen LogP contribution in [0.25, 0.3) is 0 Å². The summed E-state index contributed by atoms with van der Waals surface area (Å²) >= 11 is 6.12. The van der Waals surface area contributed by atoms with E-state index in [1.165, 1.54) is 0 Å². The molecule has 17 heavy (non-hydrogen) atoms. The van der Waals surface area contributed by atoms with E-state index in [-0.39, 0.29) is 6.04 Å². The summed E-state index contributed by atoms with van der Waals surface area (Å²) in [4.78, 5) is 0. The number of ether oxygens (including phenoxy) is 1. The van der Waals surface area contributed by atoms with Crippen molar-refractivity contribution in [1.29, 1.82) is 0 Å². The fourth-order valence-corrected chi connectivity index (χ4v) is 1.99. The van der Waals surface area contributed by atoms with Gasteiger partial charge in [0.15, 0.2) is 0 Å². The van der Waals surface area contributed by atoms with Crippen LogP contribution < -0.4 is 11.3 Å². The van der Waals surface area contributed by atoms with Gasteiger partial charge in [-0.25, -0.2) is 0 Å². The van der Waals surface area contributed by atoms with Gasteiger partial charge < -0.3 is 4.74 Å². The van der Waals surface area contributed by atoms with Crippen molar-refractivity contribution in [3.05, 3.63) is 16.9 Å². The van der Waals surface area contributed by atoms with Crippen molar-refractivity contribution < 1.29 is 4.74 Å². The maximum absolute atomic E-state index is 6.12. The van der Waals surface area contributed by atoms with Crippen molar-refractivity contribution in [2.45, 2.75) is 39.3 Å². The van der Waals surface area contributed by atoms with Gasteiger partial charge in [0.2, 0.25) is 0 Å². The van der Waals surface area contributed by atoms with E-state index in [1.807, 2.05) is 11.6 Å². The molecule has 1 unspecified atom stereocenters. The molecular formula is C11H21ClN4O. The Balaban J connectivity index is 2.62. The second kappa shape index (κ2) is 7.66. The van der Waals surface area contributed by atoms with E-state index < -0.39 is 0 Å². The third kappa shape index (κ3) is 3.96. The van der Waals surface area contributed by atoms with Gasteiger partial charge in [-0.3, -0.25) is 16.0 Å². The third-order valence-corrected chi connectivity index (χ3v) is 2.85. The number of nitrogens with one attached hydrogen (secondary N) is 1. The summed E-state index contributed by atoms with van der Waals surface area (Å²) in [6.45, 7) is 6.32. The molecule has 5 nitrogen and oxygen atoms in total. The number of hydrogen-bond acceptors (Lipinski definition) is 4. The van der Waals surface area contributed by atoms with E-state index in [0.717, 1.165) is 31.7 Å². The first-order chi connectivity index (χ1) is 8.24. The Bertz CT molecular complexity index is 329. The SMILES string of the molecule is CCCOCCC(NN)c1c(Cl)cnn1CC. The van der Waals surface area contributed by atoms with Crippen LogP contribution in [0.2, 0.25) is 5.02 Å². The minimum atomic E-state index is -0.0261. The second-order valence-electron chi connectivity index (χ2n) is 3.81. The molecule has 0 saturated carbocycles. The van der Waals surface area contributed by atoms with E-state index in [9.17, 15) is 0 Å². The lowest BCUT2D eigenvalue weighted by atomic mass is 10.1. The van der Waals surface area contributed by atoms with Gasteiger partial charge in [0.05, 0.1) is 23.0 Å². The lowest BCUT2D eigenvalue weighted by molar-refractivity contribution is 0.123. The third-order valence-electron chi connectivity index (χ3n) is 2.56. The number of nitrogens with zero attached hydrogens (tertiary/aromatic N) is 2. The van der Waals surface area contributed by atoms with Crippen LogP contribution in [0.3, 0.4) is 0 Å². The maximum Gasteiger partial charge on any atom is 0.0834 e. The average molecular weight is 261 g/mol. The maximum atomic E-state index is 6.12. The van der Waals surface area contributed by atoms with Crippen LogP contribution in [0.1, 0.15) is 38.4 Å². The number of aromatic nitrogens is 2. The van der Waals surface area contributed by atoms with E-state index in [0.29, 0.717) is 11.6 Å². The molecule has 0 amide bonds. The minimum Gasteiger partial charge on any atom is -0.381 e. The van der Waals surface area contributed by atoms with Crippen LogP contribution in [0.5, 0.6) is 0 Å². The minimum absolute atomic E-state index is 0.0261. The highest BCUT2D eigenvalue weighted by molar-refractivity contribution is 6.31. The summed E-state index contributed by atoms with van der Waals surface area (Å²) in [5, 5.41) is 4.84. The van der Waals surface area contributed by atoms with Crippen LogP contribution >= 0.6 is 11.6 Å². The number of nitrogens with two attached hydrogens (primary N) is 1. The molecule has 0 aliphatic carbocycles. The Hall–Kier alpha value is -0.620. The summed E-state index contributed by atoms with van der Waals surface area (Å²) in [5.41, 5.74) is 3.70. The van der Waals surface area contributed by atoms with Crippen molar-refractivity contribution in [2.75, 3.05) is 13.2 Å². The van der Waals surface area contributed by atoms with Gasteiger partial charge in [-0.05, 0) is 19.8 Å². The summed E-state index contributed by atoms with van der Waals surface area (Å²) in [5.74, 6) is 5.57. The predicted octanol–water partition coefficient (Wildman–Crippen LogP) is 1.88. The number of hydrazine groups is 1. The highest BCUT2D eigenvalue weighted by Crippen LogP contribution is 2.24. The van der Waals surface area contributed by atoms with Crippen molar-refractivity contribution in [2.24, 2.45) is 5.84 Å². The van der Waals surface area contributed by atoms with Crippen LogP contribution in [-0.4, -0.2) is 23.0 Å². The summed E-state index contributed by atoms with van der Waals surface area (Å²) in [6.07, 6.45) is 3.45. The van der Waals surface area contributed by atoms with Gasteiger partial charge in [-0.2, -0.15) is 5.10 Å². The lowest BCUT2D eigenvalue weighted by Gasteiger charge is -2.17. The van der Waals surface area contributed by atoms with Crippen molar-refractivity contribution >= 4 is 11.6 Å². The number of rotatable bonds is 8. The van der Waals surface area contributed by atoms with Crippen molar-refractivity contribution in [3.63, 3.8) is 0 Å². The zero-order valence-corrected chi connectivity index (χ0v) is 11.2. The highest BCUT2D eigenvalue weighted by Gasteiger charge is 2.18. The Morgan fingerprint density at radius 1 is 1.53 bits per heavy atom. The topological polar surface area (TPSA) is 65.1 Å². The van der Waals surface area contributed by atoms with E-state index in [2.05, 4.69) is 17.4 Å². The fourth-order valence-electron chi connectivity index (χ4n) is 1.72. The van der Waals surface area contributed by atoms with Gasteiger partial charge in [-0.1, -0.05) is 18.5 Å². The highest BCUT2D eigenvalue weighted by atomic mass is 35.5. The summed E-state index contributed by atoms with van der Waals surface area (Å²) in [6, 6.07) is -0.0261. The first kappa shape index (κ1) is 14.4. The van der Waals surface area contributed by atoms with Crippen LogP contribution in [0.4, 0.5) is 0 Å².